The van der Waals surface area contributed by atoms with E-state index in [4.69, 9.17) is 16.3 Å². The molecule has 34 heavy (non-hydrogen) atoms. The summed E-state index contributed by atoms with van der Waals surface area (Å²) >= 11 is 7.15. The summed E-state index contributed by atoms with van der Waals surface area (Å²) in [6, 6.07) is 10.6. The lowest BCUT2D eigenvalue weighted by atomic mass is 10.1. The van der Waals surface area contributed by atoms with Gasteiger partial charge in [0.1, 0.15) is 6.10 Å². The van der Waals surface area contributed by atoms with Gasteiger partial charge in [-0.3, -0.25) is 19.1 Å². The minimum Gasteiger partial charge on any atom is -0.444 e. The van der Waals surface area contributed by atoms with Crippen molar-refractivity contribution in [3.05, 3.63) is 78.9 Å². The smallest absolute Gasteiger partial charge is 0.414 e. The van der Waals surface area contributed by atoms with Crippen molar-refractivity contribution in [2.45, 2.75) is 39.2 Å². The van der Waals surface area contributed by atoms with Crippen molar-refractivity contribution in [1.82, 2.24) is 4.57 Å². The van der Waals surface area contributed by atoms with Gasteiger partial charge in [0.2, 0.25) is 0 Å². The number of thiophene rings is 1. The summed E-state index contributed by atoms with van der Waals surface area (Å²) in [4.78, 5) is 40.0. The Balaban J connectivity index is 1.51. The molecule has 0 aliphatic carbocycles. The van der Waals surface area contributed by atoms with Gasteiger partial charge in [-0.05, 0) is 61.7 Å². The Kier molecular flexibility index (Phi) is 7.21. The fourth-order valence-corrected chi connectivity index (χ4v) is 5.27. The van der Waals surface area contributed by atoms with Gasteiger partial charge in [-0.15, -0.1) is 11.3 Å². The van der Waals surface area contributed by atoms with Crippen molar-refractivity contribution in [2.24, 2.45) is 0 Å². The first-order valence-electron chi connectivity index (χ1n) is 11.0. The Hall–Kier alpha value is -2.94. The van der Waals surface area contributed by atoms with Crippen molar-refractivity contribution < 1.29 is 19.4 Å². The number of amides is 1. The van der Waals surface area contributed by atoms with Gasteiger partial charge in [-0.2, -0.15) is 0 Å². The monoisotopic (exact) mass is 500 g/mol. The lowest BCUT2D eigenvalue weighted by molar-refractivity contribution is 0.0943. The summed E-state index contributed by atoms with van der Waals surface area (Å²) < 4.78 is 7.65. The molecule has 1 aliphatic heterocycles. The predicted molar refractivity (Wildman–Crippen MR) is 133 cm³/mol. The number of anilines is 1. The quantitative estimate of drug-likeness (QED) is 0.453. The number of aliphatic hydroxyl groups is 1. The van der Waals surface area contributed by atoms with Crippen LogP contribution >= 0.6 is 22.9 Å². The van der Waals surface area contributed by atoms with Crippen molar-refractivity contribution in [1.29, 1.82) is 0 Å². The zero-order chi connectivity index (χ0) is 24.4. The molecule has 178 valence electrons. The molecule has 1 aliphatic rings. The summed E-state index contributed by atoms with van der Waals surface area (Å²) in [5, 5.41) is 9.23. The van der Waals surface area contributed by atoms with E-state index in [1.165, 1.54) is 11.3 Å². The van der Waals surface area contributed by atoms with Crippen LogP contribution in [-0.4, -0.2) is 40.8 Å². The molecular weight excluding hydrogens is 476 g/mol. The number of nitrogens with zero attached hydrogens (tertiary/aromatic N) is 2. The third-order valence-electron chi connectivity index (χ3n) is 5.85. The molecule has 7 nitrogen and oxygen atoms in total. The lowest BCUT2D eigenvalue weighted by Crippen LogP contribution is -2.26. The molecular formula is C25H25ClN2O5S. The summed E-state index contributed by atoms with van der Waals surface area (Å²) in [5.74, 6) is -0.0173. The van der Waals surface area contributed by atoms with Gasteiger partial charge >= 0.3 is 6.09 Å². The number of aromatic nitrogens is 1. The Morgan fingerprint density at radius 3 is 2.59 bits per heavy atom. The fourth-order valence-electron chi connectivity index (χ4n) is 4.26. The number of halogens is 1. The maximum atomic E-state index is 12.9. The first-order chi connectivity index (χ1) is 16.3. The molecule has 1 saturated heterocycles. The average molecular weight is 501 g/mol. The molecule has 0 spiro atoms. The highest BCUT2D eigenvalue weighted by molar-refractivity contribution is 7.18. The zero-order valence-corrected chi connectivity index (χ0v) is 20.5. The number of benzene rings is 1. The molecule has 4 rings (SSSR count). The molecule has 2 aromatic heterocycles. The number of aryl methyl sites for hydroxylation is 2. The number of ketones is 1. The van der Waals surface area contributed by atoms with Crippen LogP contribution in [0, 0.1) is 13.8 Å². The minimum atomic E-state index is -0.453. The van der Waals surface area contributed by atoms with Crippen LogP contribution in [0.5, 0.6) is 0 Å². The predicted octanol–water partition coefficient (Wildman–Crippen LogP) is 4.69. The number of Topliss-reactive ketones (excluding diaryl/α,β-unsaturated/α-hetero) is 1. The van der Waals surface area contributed by atoms with E-state index in [0.29, 0.717) is 39.9 Å². The summed E-state index contributed by atoms with van der Waals surface area (Å²) in [7, 11) is 0. The maximum Gasteiger partial charge on any atom is 0.414 e. The first-order valence-corrected chi connectivity index (χ1v) is 12.2. The fraction of sp³-hybridized carbons (Fsp3) is 0.320. The molecule has 0 radical (unpaired) electrons. The molecule has 1 fully saturated rings. The second kappa shape index (κ2) is 10.1. The minimum absolute atomic E-state index is 0.0173. The number of cyclic esters (lactones) is 1. The van der Waals surface area contributed by atoms with E-state index in [1.807, 2.05) is 26.0 Å². The molecule has 1 N–H and O–H groups in total. The summed E-state index contributed by atoms with van der Waals surface area (Å²) in [5.41, 5.74) is 3.46. The average Bonchev–Trinajstić information content (AvgIpc) is 3.39. The number of hydrogen-bond acceptors (Lipinski definition) is 6. The molecule has 0 bridgehead atoms. The molecule has 1 aromatic carbocycles. The number of carbonyl (C=O) groups excluding carboxylic acids is 2. The van der Waals surface area contributed by atoms with E-state index >= 15 is 0 Å². The molecule has 0 unspecified atom stereocenters. The van der Waals surface area contributed by atoms with E-state index in [9.17, 15) is 19.5 Å². The molecule has 1 amide bonds. The van der Waals surface area contributed by atoms with E-state index in [-0.39, 0.29) is 30.5 Å². The number of pyridine rings is 1. The molecule has 1 atom stereocenters. The maximum absolute atomic E-state index is 12.9. The van der Waals surface area contributed by atoms with E-state index < -0.39 is 6.09 Å². The highest BCUT2D eigenvalue weighted by Crippen LogP contribution is 2.30. The van der Waals surface area contributed by atoms with Crippen LogP contribution in [-0.2, 0) is 11.2 Å². The lowest BCUT2D eigenvalue weighted by Gasteiger charge is -2.19. The van der Waals surface area contributed by atoms with Gasteiger partial charge in [-0.1, -0.05) is 17.7 Å². The zero-order valence-electron chi connectivity index (χ0n) is 18.9. The molecule has 3 heterocycles. The first kappa shape index (κ1) is 24.2. The van der Waals surface area contributed by atoms with Crippen LogP contribution < -0.4 is 10.5 Å². The van der Waals surface area contributed by atoms with Crippen LogP contribution in [0.3, 0.4) is 0 Å². The van der Waals surface area contributed by atoms with Crippen molar-refractivity contribution in [3.63, 3.8) is 0 Å². The molecule has 0 saturated carbocycles. The van der Waals surface area contributed by atoms with Crippen LogP contribution in [0.4, 0.5) is 10.5 Å². The Morgan fingerprint density at radius 2 is 1.94 bits per heavy atom. The van der Waals surface area contributed by atoms with Crippen LogP contribution in [0.25, 0.3) is 5.69 Å². The van der Waals surface area contributed by atoms with E-state index in [1.54, 1.807) is 39.9 Å². The normalized spacial score (nSPS) is 15.6. The van der Waals surface area contributed by atoms with Crippen molar-refractivity contribution in [3.8, 4) is 5.69 Å². The van der Waals surface area contributed by atoms with Crippen molar-refractivity contribution >= 4 is 40.5 Å². The van der Waals surface area contributed by atoms with Gasteiger partial charge in [-0.25, -0.2) is 4.79 Å². The van der Waals surface area contributed by atoms with Crippen LogP contribution in [0.15, 0.2) is 47.4 Å². The topological polar surface area (TPSA) is 88.8 Å². The van der Waals surface area contributed by atoms with Gasteiger partial charge in [0, 0.05) is 36.9 Å². The van der Waals surface area contributed by atoms with E-state index in [2.05, 4.69) is 0 Å². The number of ether oxygens (including phenoxy) is 1. The summed E-state index contributed by atoms with van der Waals surface area (Å²) in [6.45, 7) is 4.03. The molecule has 9 heteroatoms. The second-order valence-electron chi connectivity index (χ2n) is 8.29. The number of aliphatic hydroxyl groups excluding tert-OH is 1. The standard InChI is InChI=1S/C25H25ClN2O5S/c1-15-12-18(13-16(2)23(15)27-10-3-4-17(9-11-29)24(27)31)28-14-19(33-25(28)32)5-6-20(30)21-7-8-22(26)34-21/h3-4,7-8,10,12-13,19,29H,5-6,9,11,14H2,1-2H3/t19-/m0/s1. The van der Waals surface area contributed by atoms with Gasteiger partial charge in [0.05, 0.1) is 21.4 Å². The van der Waals surface area contributed by atoms with Gasteiger partial charge in [0.25, 0.3) is 5.56 Å². The van der Waals surface area contributed by atoms with Crippen LogP contribution in [0.1, 0.15) is 39.2 Å². The Morgan fingerprint density at radius 1 is 1.21 bits per heavy atom. The van der Waals surface area contributed by atoms with Gasteiger partial charge < -0.3 is 9.84 Å². The molecule has 3 aromatic rings. The van der Waals surface area contributed by atoms with E-state index in [0.717, 1.165) is 16.8 Å². The Bertz CT molecular complexity index is 1280. The number of carbonyl (C=O) groups is 2. The third kappa shape index (κ3) is 4.94. The van der Waals surface area contributed by atoms with Crippen LogP contribution in [0.2, 0.25) is 4.34 Å². The third-order valence-corrected chi connectivity index (χ3v) is 7.12. The van der Waals surface area contributed by atoms with Gasteiger partial charge in [0.15, 0.2) is 5.78 Å². The highest BCUT2D eigenvalue weighted by atomic mass is 35.5. The van der Waals surface area contributed by atoms with Crippen molar-refractivity contribution in [2.75, 3.05) is 18.1 Å². The Labute approximate surface area is 206 Å². The largest absolute Gasteiger partial charge is 0.444 e. The highest BCUT2D eigenvalue weighted by Gasteiger charge is 2.33. The summed E-state index contributed by atoms with van der Waals surface area (Å²) in [6.07, 6.45) is 1.86. The second-order valence-corrected chi connectivity index (χ2v) is 10.0. The SMILES string of the molecule is Cc1cc(N2C[C@H](CCC(=O)c3ccc(Cl)s3)OC2=O)cc(C)c1-n1cccc(CCO)c1=O. The number of rotatable bonds is 8. The number of hydrogen-bond donors (Lipinski definition) is 1.